The lowest BCUT2D eigenvalue weighted by atomic mass is 10.0. The van der Waals surface area contributed by atoms with Crippen LogP contribution in [0.15, 0.2) is 124 Å². The number of thioether (sulfide) groups is 2. The largest absolute Gasteiger partial charge is 0.289 e. The molecule has 4 aromatic carbocycles. The van der Waals surface area contributed by atoms with Crippen molar-refractivity contribution in [2.45, 2.75) is 21.8 Å². The molecule has 4 nitrogen and oxygen atoms in total. The van der Waals surface area contributed by atoms with Crippen molar-refractivity contribution in [1.82, 2.24) is 15.0 Å². The van der Waals surface area contributed by atoms with Crippen LogP contribution in [-0.4, -0.2) is 20.7 Å². The van der Waals surface area contributed by atoms with E-state index in [2.05, 4.69) is 40.2 Å². The molecule has 0 aliphatic carbocycles. The van der Waals surface area contributed by atoms with Crippen LogP contribution >= 0.6 is 39.5 Å². The Morgan fingerprint density at radius 3 is 1.54 bits per heavy atom. The van der Waals surface area contributed by atoms with E-state index in [1.54, 1.807) is 23.5 Å². The van der Waals surface area contributed by atoms with Crippen molar-refractivity contribution >= 4 is 45.2 Å². The highest BCUT2D eigenvalue weighted by atomic mass is 79.9. The van der Waals surface area contributed by atoms with Crippen molar-refractivity contribution in [2.24, 2.45) is 0 Å². The first-order valence-electron chi connectivity index (χ1n) is 11.6. The first-order chi connectivity index (χ1) is 18.1. The molecule has 0 aliphatic rings. The molecule has 182 valence electrons. The van der Waals surface area contributed by atoms with Crippen LogP contribution in [0, 0.1) is 0 Å². The van der Waals surface area contributed by atoms with Gasteiger partial charge in [0.25, 0.3) is 0 Å². The summed E-state index contributed by atoms with van der Waals surface area (Å²) in [5, 5.41) is 1.36. The number of nitrogens with zero attached hydrogens (tertiary/aromatic N) is 3. The SMILES string of the molecule is O=C(c1ccc(Br)cc1)c1ccc(-c2nc(SCc3ccccc3)nc(SCc3ccccc3)n2)cc1. The number of rotatable bonds is 9. The van der Waals surface area contributed by atoms with Gasteiger partial charge in [-0.05, 0) is 35.4 Å². The average Bonchev–Trinajstić information content (AvgIpc) is 2.96. The Morgan fingerprint density at radius 1 is 0.595 bits per heavy atom. The van der Waals surface area contributed by atoms with Crippen LogP contribution in [-0.2, 0) is 11.5 Å². The van der Waals surface area contributed by atoms with Gasteiger partial charge in [0.2, 0.25) is 0 Å². The first-order valence-corrected chi connectivity index (χ1v) is 14.4. The Labute approximate surface area is 233 Å². The Hall–Kier alpha value is -3.26. The van der Waals surface area contributed by atoms with Gasteiger partial charge < -0.3 is 0 Å². The quantitative estimate of drug-likeness (QED) is 0.129. The molecular weight excluding hydrogens is 562 g/mol. The Bertz CT molecular complexity index is 1420. The van der Waals surface area contributed by atoms with Crippen LogP contribution < -0.4 is 0 Å². The fourth-order valence-electron chi connectivity index (χ4n) is 3.58. The zero-order valence-corrected chi connectivity index (χ0v) is 23.0. The normalized spacial score (nSPS) is 10.8. The summed E-state index contributed by atoms with van der Waals surface area (Å²) < 4.78 is 0.941. The van der Waals surface area contributed by atoms with Gasteiger partial charge in [0.15, 0.2) is 21.9 Å². The van der Waals surface area contributed by atoms with Crippen molar-refractivity contribution in [2.75, 3.05) is 0 Å². The molecule has 0 spiro atoms. The summed E-state index contributed by atoms with van der Waals surface area (Å²) in [7, 11) is 0. The average molecular weight is 585 g/mol. The maximum atomic E-state index is 12.9. The second-order valence-electron chi connectivity index (χ2n) is 8.19. The number of hydrogen-bond donors (Lipinski definition) is 0. The number of carbonyl (C=O) groups excluding carboxylic acids is 1. The van der Waals surface area contributed by atoms with E-state index in [0.717, 1.165) is 21.5 Å². The number of benzene rings is 4. The number of carbonyl (C=O) groups is 1. The summed E-state index contributed by atoms with van der Waals surface area (Å²) in [6.07, 6.45) is 0. The second kappa shape index (κ2) is 12.3. The lowest BCUT2D eigenvalue weighted by Gasteiger charge is -2.08. The van der Waals surface area contributed by atoms with Gasteiger partial charge in [0.1, 0.15) is 0 Å². The molecular formula is C30H22BrN3OS2. The summed E-state index contributed by atoms with van der Waals surface area (Å²) in [4.78, 5) is 27.1. The molecule has 0 radical (unpaired) electrons. The summed E-state index contributed by atoms with van der Waals surface area (Å²) in [6.45, 7) is 0. The van der Waals surface area contributed by atoms with Crippen LogP contribution in [0.4, 0.5) is 0 Å². The van der Waals surface area contributed by atoms with E-state index >= 15 is 0 Å². The van der Waals surface area contributed by atoms with Crippen LogP contribution in [0.3, 0.4) is 0 Å². The van der Waals surface area contributed by atoms with E-state index < -0.39 is 0 Å². The lowest BCUT2D eigenvalue weighted by Crippen LogP contribution is -2.02. The maximum absolute atomic E-state index is 12.9. The molecule has 37 heavy (non-hydrogen) atoms. The van der Waals surface area contributed by atoms with Gasteiger partial charge in [-0.1, -0.05) is 124 Å². The van der Waals surface area contributed by atoms with Gasteiger partial charge >= 0.3 is 0 Å². The van der Waals surface area contributed by atoms with E-state index in [1.807, 2.05) is 84.9 Å². The molecule has 0 saturated carbocycles. The van der Waals surface area contributed by atoms with Crippen LogP contribution in [0.5, 0.6) is 0 Å². The standard InChI is InChI=1S/C30H22BrN3OS2/c31-26-17-15-24(16-18-26)27(35)23-11-13-25(14-12-23)28-32-29(36-19-21-7-3-1-4-8-21)34-30(33-28)37-20-22-9-5-2-6-10-22/h1-18H,19-20H2. The van der Waals surface area contributed by atoms with Crippen molar-refractivity contribution in [3.8, 4) is 11.4 Å². The molecule has 0 saturated heterocycles. The molecule has 5 rings (SSSR count). The molecule has 0 unspecified atom stereocenters. The van der Waals surface area contributed by atoms with Gasteiger partial charge in [-0.3, -0.25) is 4.79 Å². The zero-order valence-electron chi connectivity index (χ0n) is 19.8. The van der Waals surface area contributed by atoms with Crippen molar-refractivity contribution in [1.29, 1.82) is 0 Å². The van der Waals surface area contributed by atoms with E-state index in [1.165, 1.54) is 11.1 Å². The Kier molecular flexibility index (Phi) is 8.46. The third-order valence-corrected chi connectivity index (χ3v) is 7.89. The van der Waals surface area contributed by atoms with E-state index in [0.29, 0.717) is 27.3 Å². The predicted molar refractivity (Wildman–Crippen MR) is 155 cm³/mol. The minimum atomic E-state index is -0.0205. The highest BCUT2D eigenvalue weighted by Gasteiger charge is 2.13. The zero-order chi connectivity index (χ0) is 25.5. The highest BCUT2D eigenvalue weighted by molar-refractivity contribution is 9.10. The predicted octanol–water partition coefficient (Wildman–Crippen LogP) is 8.12. The highest BCUT2D eigenvalue weighted by Crippen LogP contribution is 2.27. The molecule has 7 heteroatoms. The summed E-state index contributed by atoms with van der Waals surface area (Å²) >= 11 is 6.59. The van der Waals surface area contributed by atoms with Crippen molar-refractivity contribution < 1.29 is 4.79 Å². The molecule has 0 atom stereocenters. The van der Waals surface area contributed by atoms with Crippen molar-refractivity contribution in [3.63, 3.8) is 0 Å². The summed E-state index contributed by atoms with van der Waals surface area (Å²) in [6, 6.07) is 35.4. The molecule has 1 heterocycles. The molecule has 0 fully saturated rings. The number of halogens is 1. The lowest BCUT2D eigenvalue weighted by molar-refractivity contribution is 0.103. The first kappa shape index (κ1) is 25.4. The summed E-state index contributed by atoms with van der Waals surface area (Å²) in [5.41, 5.74) is 4.54. The van der Waals surface area contributed by atoms with Crippen LogP contribution in [0.2, 0.25) is 0 Å². The minimum absolute atomic E-state index is 0.0205. The number of hydrogen-bond acceptors (Lipinski definition) is 6. The third kappa shape index (κ3) is 6.95. The molecule has 0 N–H and O–H groups in total. The second-order valence-corrected chi connectivity index (χ2v) is 11.0. The smallest absolute Gasteiger partial charge is 0.193 e. The van der Waals surface area contributed by atoms with Crippen molar-refractivity contribution in [3.05, 3.63) is 136 Å². The van der Waals surface area contributed by atoms with Gasteiger partial charge in [-0.25, -0.2) is 9.97 Å². The van der Waals surface area contributed by atoms with E-state index in [-0.39, 0.29) is 5.78 Å². The third-order valence-electron chi connectivity index (χ3n) is 5.53. The summed E-state index contributed by atoms with van der Waals surface area (Å²) in [5.74, 6) is 2.12. The fraction of sp³-hybridized carbons (Fsp3) is 0.0667. The van der Waals surface area contributed by atoms with Gasteiger partial charge in [-0.2, -0.15) is 4.98 Å². The fourth-order valence-corrected chi connectivity index (χ4v) is 5.48. The monoisotopic (exact) mass is 583 g/mol. The van der Waals surface area contributed by atoms with E-state index in [9.17, 15) is 4.79 Å². The molecule has 0 aliphatic heterocycles. The van der Waals surface area contributed by atoms with Gasteiger partial charge in [0.05, 0.1) is 0 Å². The number of aromatic nitrogens is 3. The van der Waals surface area contributed by atoms with Crippen LogP contribution in [0.1, 0.15) is 27.0 Å². The Balaban J connectivity index is 1.39. The Morgan fingerprint density at radius 2 is 1.05 bits per heavy atom. The van der Waals surface area contributed by atoms with Crippen LogP contribution in [0.25, 0.3) is 11.4 Å². The molecule has 0 bridgehead atoms. The van der Waals surface area contributed by atoms with Gasteiger partial charge in [0, 0.05) is 32.7 Å². The molecule has 0 amide bonds. The van der Waals surface area contributed by atoms with Gasteiger partial charge in [-0.15, -0.1) is 0 Å². The van der Waals surface area contributed by atoms with E-state index in [4.69, 9.17) is 15.0 Å². The molecule has 5 aromatic rings. The number of ketones is 1. The maximum Gasteiger partial charge on any atom is 0.193 e. The molecule has 1 aromatic heterocycles. The topological polar surface area (TPSA) is 55.7 Å². The minimum Gasteiger partial charge on any atom is -0.289 e.